The Morgan fingerprint density at radius 3 is 2.48 bits per heavy atom. The van der Waals surface area contributed by atoms with E-state index in [-0.39, 0.29) is 47.8 Å². The number of anilines is 2. The van der Waals surface area contributed by atoms with Gasteiger partial charge < -0.3 is 46.7 Å². The summed E-state index contributed by atoms with van der Waals surface area (Å²) in [5.74, 6) is 0.361. The first kappa shape index (κ1) is 52.8. The third kappa shape index (κ3) is 14.0. The van der Waals surface area contributed by atoms with Crippen LogP contribution in [0.2, 0.25) is 5.02 Å². The Balaban J connectivity index is 0.761. The third-order valence-corrected chi connectivity index (χ3v) is 14.9. The molecular weight excluding hydrogens is 946 g/mol. The summed E-state index contributed by atoms with van der Waals surface area (Å²) in [4.78, 5) is 90.9. The molecule has 0 bridgehead atoms. The molecule has 3 aromatic heterocycles. The van der Waals surface area contributed by atoms with Gasteiger partial charge in [0, 0.05) is 102 Å². The largest absolute Gasteiger partial charge is 0.356 e. The van der Waals surface area contributed by atoms with E-state index in [1.807, 2.05) is 53.6 Å². The zero-order chi connectivity index (χ0) is 51.3. The number of aromatic nitrogens is 4. The summed E-state index contributed by atoms with van der Waals surface area (Å²) in [6.45, 7) is 8.37. The number of amides is 5. The quantitative estimate of drug-likeness (QED) is 0.0515. The standard InChI is InChI=1S/C54H70ClN13O5/c1-3-37-8-7-9-40(30-37)41-32-45(63-46(69)35-57-33-38-16-22-65(2)48(71)31-38)49(60-34-41)52(72)59-20-6-4-5-10-47(70)67-28-26-66(27-29-67)23-17-44(39-11-13-42(55)14-12-39)64-53(73)54(56)18-24-68(25-19-54)51-43-15-21-58-50(43)61-36-62-51/h7-9,11-15,21,30,32,34,36,38,44,57H,3-6,10,16-20,22-29,31,33,35,56H2,1-2H3,(H,59,72)(H,63,69)(H,64,73)(H,58,61,62)/t38?,44-/m0/s1. The molecule has 0 spiro atoms. The molecule has 5 amide bonds. The molecule has 3 aliphatic rings. The lowest BCUT2D eigenvalue weighted by atomic mass is 9.87. The zero-order valence-electron chi connectivity index (χ0n) is 42.1. The predicted molar refractivity (Wildman–Crippen MR) is 284 cm³/mol. The topological polar surface area (TPSA) is 227 Å². The molecule has 19 heteroatoms. The van der Waals surface area contributed by atoms with Crippen LogP contribution < -0.4 is 31.9 Å². The van der Waals surface area contributed by atoms with Gasteiger partial charge in [0.15, 0.2) is 5.69 Å². The molecule has 8 rings (SSSR count). The van der Waals surface area contributed by atoms with Crippen molar-refractivity contribution in [3.05, 3.63) is 101 Å². The number of halogens is 1. The maximum absolute atomic E-state index is 14.0. The number of carbonyl (C=O) groups excluding carboxylic acids is 5. The number of nitrogens with one attached hydrogen (secondary N) is 5. The van der Waals surface area contributed by atoms with E-state index in [9.17, 15) is 24.0 Å². The van der Waals surface area contributed by atoms with E-state index in [0.29, 0.717) is 101 Å². The molecule has 2 atom stereocenters. The lowest BCUT2D eigenvalue weighted by Crippen LogP contribution is -2.60. The van der Waals surface area contributed by atoms with Crippen molar-refractivity contribution in [3.63, 3.8) is 0 Å². The van der Waals surface area contributed by atoms with Crippen LogP contribution in [-0.4, -0.2) is 149 Å². The Hall–Kier alpha value is -6.47. The van der Waals surface area contributed by atoms with Gasteiger partial charge in [0.25, 0.3) is 5.91 Å². The third-order valence-electron chi connectivity index (χ3n) is 14.7. The van der Waals surface area contributed by atoms with Crippen LogP contribution in [0.15, 0.2) is 79.4 Å². The van der Waals surface area contributed by atoms with E-state index in [0.717, 1.165) is 78.0 Å². The summed E-state index contributed by atoms with van der Waals surface area (Å²) in [5, 5.41) is 13.9. The van der Waals surface area contributed by atoms with Crippen molar-refractivity contribution >= 4 is 63.7 Å². The Morgan fingerprint density at radius 2 is 1.71 bits per heavy atom. The number of piperazine rings is 1. The first-order chi connectivity index (χ1) is 35.3. The molecule has 7 N–H and O–H groups in total. The molecule has 388 valence electrons. The molecule has 2 aromatic carbocycles. The number of piperidine rings is 2. The monoisotopic (exact) mass is 1020 g/mol. The van der Waals surface area contributed by atoms with Gasteiger partial charge in [-0.15, -0.1) is 0 Å². The van der Waals surface area contributed by atoms with E-state index in [2.05, 4.69) is 70.1 Å². The minimum Gasteiger partial charge on any atom is -0.356 e. The van der Waals surface area contributed by atoms with E-state index in [1.165, 1.54) is 0 Å². The Kier molecular flexibility index (Phi) is 18.1. The van der Waals surface area contributed by atoms with Gasteiger partial charge in [-0.05, 0) is 98.4 Å². The number of aromatic amines is 1. The molecule has 3 aliphatic heterocycles. The highest BCUT2D eigenvalue weighted by atomic mass is 35.5. The minimum absolute atomic E-state index is 0.0280. The van der Waals surface area contributed by atoms with Crippen LogP contribution in [0.25, 0.3) is 22.2 Å². The number of carbonyl (C=O) groups is 5. The molecule has 0 saturated carbocycles. The Morgan fingerprint density at radius 1 is 0.918 bits per heavy atom. The molecule has 0 aliphatic carbocycles. The fraction of sp³-hybridized carbons (Fsp3) is 0.481. The Labute approximate surface area is 432 Å². The number of fused-ring (bicyclic) bond motifs is 1. The minimum atomic E-state index is -1.03. The second kappa shape index (κ2) is 25.0. The van der Waals surface area contributed by atoms with Crippen molar-refractivity contribution in [2.45, 2.75) is 82.7 Å². The fourth-order valence-electron chi connectivity index (χ4n) is 9.96. The van der Waals surface area contributed by atoms with Crippen LogP contribution >= 0.6 is 11.6 Å². The van der Waals surface area contributed by atoms with Gasteiger partial charge in [-0.25, -0.2) is 15.0 Å². The van der Waals surface area contributed by atoms with Gasteiger partial charge in [-0.1, -0.05) is 61.3 Å². The number of aryl methyl sites for hydroxylation is 1. The van der Waals surface area contributed by atoms with Crippen LogP contribution in [0, 0.1) is 5.92 Å². The highest BCUT2D eigenvalue weighted by Crippen LogP contribution is 2.30. The number of hydrogen-bond donors (Lipinski definition) is 6. The predicted octanol–water partition coefficient (Wildman–Crippen LogP) is 5.31. The second-order valence-electron chi connectivity index (χ2n) is 19.8. The molecule has 18 nitrogen and oxygen atoms in total. The lowest BCUT2D eigenvalue weighted by molar-refractivity contribution is -0.134. The van der Waals surface area contributed by atoms with Crippen molar-refractivity contribution in [1.82, 2.24) is 50.6 Å². The molecule has 73 heavy (non-hydrogen) atoms. The number of likely N-dealkylation sites (tertiary alicyclic amines) is 1. The fourth-order valence-corrected chi connectivity index (χ4v) is 10.1. The molecule has 6 heterocycles. The van der Waals surface area contributed by atoms with Crippen LogP contribution in [0.4, 0.5) is 11.5 Å². The van der Waals surface area contributed by atoms with Crippen LogP contribution in [-0.2, 0) is 25.6 Å². The SMILES string of the molecule is CCc1cccc(-c2cnc(C(=O)NCCCCCC(=O)N3CCN(CC[C@H](NC(=O)C4(N)CCN(c5ncnc6[nH]ccc56)CC4)c4ccc(Cl)cc4)CC3)c(NC(=O)CNCC3CCN(C)C(=O)C3)c2)c1. The number of nitrogens with two attached hydrogens (primary N) is 1. The summed E-state index contributed by atoms with van der Waals surface area (Å²) in [6.07, 6.45) is 11.4. The van der Waals surface area contributed by atoms with Crippen LogP contribution in [0.3, 0.4) is 0 Å². The smallest absolute Gasteiger partial charge is 0.272 e. The van der Waals surface area contributed by atoms with Crippen molar-refractivity contribution in [2.24, 2.45) is 11.7 Å². The maximum atomic E-state index is 14.0. The van der Waals surface area contributed by atoms with Crippen molar-refractivity contribution < 1.29 is 24.0 Å². The molecule has 5 aromatic rings. The summed E-state index contributed by atoms with van der Waals surface area (Å²) in [6, 6.07) is 19.2. The average Bonchev–Trinajstić information content (AvgIpc) is 3.90. The number of rotatable bonds is 21. The average molecular weight is 1020 g/mol. The molecule has 3 fully saturated rings. The highest BCUT2D eigenvalue weighted by Gasteiger charge is 2.39. The van der Waals surface area contributed by atoms with E-state index in [1.54, 1.807) is 30.5 Å². The van der Waals surface area contributed by atoms with Crippen LogP contribution in [0.5, 0.6) is 0 Å². The zero-order valence-corrected chi connectivity index (χ0v) is 42.9. The number of hydrogen-bond acceptors (Lipinski definition) is 12. The molecule has 0 radical (unpaired) electrons. The maximum Gasteiger partial charge on any atom is 0.272 e. The van der Waals surface area contributed by atoms with Crippen molar-refractivity contribution in [2.75, 3.05) is 89.3 Å². The van der Waals surface area contributed by atoms with E-state index in [4.69, 9.17) is 17.3 Å². The van der Waals surface area contributed by atoms with Crippen molar-refractivity contribution in [1.29, 1.82) is 0 Å². The second-order valence-corrected chi connectivity index (χ2v) is 20.2. The number of nitrogens with zero attached hydrogens (tertiary/aromatic N) is 7. The van der Waals surface area contributed by atoms with Gasteiger partial charge in [-0.3, -0.25) is 28.9 Å². The van der Waals surface area contributed by atoms with Gasteiger partial charge in [0.2, 0.25) is 23.6 Å². The van der Waals surface area contributed by atoms with E-state index < -0.39 is 11.4 Å². The number of benzene rings is 2. The molecule has 3 saturated heterocycles. The first-order valence-corrected chi connectivity index (χ1v) is 26.2. The van der Waals surface area contributed by atoms with E-state index >= 15 is 0 Å². The first-order valence-electron chi connectivity index (χ1n) is 25.9. The number of pyridine rings is 1. The van der Waals surface area contributed by atoms with Crippen LogP contribution in [0.1, 0.15) is 92.4 Å². The molecule has 1 unspecified atom stereocenters. The Bertz CT molecular complexity index is 2700. The summed E-state index contributed by atoms with van der Waals surface area (Å²) >= 11 is 6.26. The van der Waals surface area contributed by atoms with Crippen molar-refractivity contribution in [3.8, 4) is 11.1 Å². The molecular formula is C54H70ClN13O5. The van der Waals surface area contributed by atoms with Gasteiger partial charge in [0.1, 0.15) is 17.8 Å². The van der Waals surface area contributed by atoms with Gasteiger partial charge in [-0.2, -0.15) is 0 Å². The normalized spacial score (nSPS) is 17.6. The summed E-state index contributed by atoms with van der Waals surface area (Å²) in [7, 11) is 1.81. The summed E-state index contributed by atoms with van der Waals surface area (Å²) < 4.78 is 0. The van der Waals surface area contributed by atoms with Gasteiger partial charge in [0.05, 0.1) is 29.2 Å². The number of H-pyrrole nitrogens is 1. The summed E-state index contributed by atoms with van der Waals surface area (Å²) in [5.41, 5.74) is 10.9. The number of unbranched alkanes of at least 4 members (excludes halogenated alkanes) is 2. The highest BCUT2D eigenvalue weighted by molar-refractivity contribution is 6.30. The lowest BCUT2D eigenvalue weighted by Gasteiger charge is -2.39. The van der Waals surface area contributed by atoms with Gasteiger partial charge >= 0.3 is 0 Å².